The van der Waals surface area contributed by atoms with Crippen LogP contribution >= 0.6 is 15.9 Å². The topological polar surface area (TPSA) is 77.8 Å². The van der Waals surface area contributed by atoms with Gasteiger partial charge < -0.3 is 18.9 Å². The van der Waals surface area contributed by atoms with Gasteiger partial charge in [0.2, 0.25) is 0 Å². The number of nitrogens with zero attached hydrogens (tertiary/aromatic N) is 1. The van der Waals surface area contributed by atoms with Gasteiger partial charge in [0.1, 0.15) is 17.1 Å². The smallest absolute Gasteiger partial charge is 0.347 e. The molecule has 2 aromatic carbocycles. The Kier molecular flexibility index (Phi) is 6.25. The van der Waals surface area contributed by atoms with Gasteiger partial charge in [-0.3, -0.25) is 0 Å². The number of benzene rings is 2. The molecule has 0 aliphatic carbocycles. The Morgan fingerprint density at radius 1 is 1.16 bits per heavy atom. The molecule has 0 bridgehead atoms. The number of hydrogen-bond acceptors (Lipinski definition) is 6. The second-order valence-corrected chi connectivity index (χ2v) is 5.64. The molecular formula is C18H16BrNO5. The van der Waals surface area contributed by atoms with Gasteiger partial charge in [-0.2, -0.15) is 5.26 Å². The van der Waals surface area contributed by atoms with E-state index in [4.69, 9.17) is 24.2 Å². The van der Waals surface area contributed by atoms with E-state index in [0.29, 0.717) is 33.9 Å². The van der Waals surface area contributed by atoms with Crippen LogP contribution in [0.15, 0.2) is 34.8 Å². The molecule has 130 valence electrons. The maximum Gasteiger partial charge on any atom is 0.347 e. The highest BCUT2D eigenvalue weighted by Crippen LogP contribution is 2.38. The minimum atomic E-state index is -0.620. The van der Waals surface area contributed by atoms with E-state index in [9.17, 15) is 4.79 Å². The van der Waals surface area contributed by atoms with E-state index < -0.39 is 5.97 Å². The van der Waals surface area contributed by atoms with Gasteiger partial charge in [0, 0.05) is 12.1 Å². The first-order chi connectivity index (χ1) is 12.0. The Morgan fingerprint density at radius 2 is 1.92 bits per heavy atom. The summed E-state index contributed by atoms with van der Waals surface area (Å²) in [4.78, 5) is 12.6. The van der Waals surface area contributed by atoms with Gasteiger partial charge in [0.25, 0.3) is 0 Å². The fourth-order valence-corrected chi connectivity index (χ4v) is 2.63. The van der Waals surface area contributed by atoms with Crippen molar-refractivity contribution in [3.05, 3.63) is 45.9 Å². The lowest BCUT2D eigenvalue weighted by Crippen LogP contribution is -2.12. The van der Waals surface area contributed by atoms with Crippen LogP contribution in [0.25, 0.3) is 0 Å². The van der Waals surface area contributed by atoms with Crippen LogP contribution in [-0.4, -0.2) is 26.8 Å². The number of carbonyl (C=O) groups is 1. The molecule has 25 heavy (non-hydrogen) atoms. The van der Waals surface area contributed by atoms with Gasteiger partial charge in [0.05, 0.1) is 36.9 Å². The van der Waals surface area contributed by atoms with Gasteiger partial charge >= 0.3 is 5.97 Å². The minimum absolute atomic E-state index is 0.198. The van der Waals surface area contributed by atoms with Gasteiger partial charge in [0.15, 0.2) is 11.5 Å². The summed E-state index contributed by atoms with van der Waals surface area (Å²) in [5.74, 6) is 0.763. The lowest BCUT2D eigenvalue weighted by molar-refractivity contribution is 0.0723. The number of nitriles is 1. The first-order valence-corrected chi connectivity index (χ1v) is 8.14. The fraction of sp³-hybridized carbons (Fsp3) is 0.222. The molecule has 2 aromatic rings. The predicted octanol–water partition coefficient (Wildman–Crippen LogP) is 3.96. The van der Waals surface area contributed by atoms with Gasteiger partial charge in [-0.15, -0.1) is 0 Å². The largest absolute Gasteiger partial charge is 0.497 e. The number of hydrogen-bond donors (Lipinski definition) is 0. The second kappa shape index (κ2) is 8.40. The molecule has 7 heteroatoms. The molecular weight excluding hydrogens is 390 g/mol. The Labute approximate surface area is 154 Å². The third-order valence-electron chi connectivity index (χ3n) is 3.26. The highest BCUT2D eigenvalue weighted by Gasteiger charge is 2.20. The molecule has 0 heterocycles. The summed E-state index contributed by atoms with van der Waals surface area (Å²) in [6, 6.07) is 9.87. The molecule has 0 atom stereocenters. The first kappa shape index (κ1) is 18.6. The van der Waals surface area contributed by atoms with Crippen LogP contribution in [0.3, 0.4) is 0 Å². The summed E-state index contributed by atoms with van der Waals surface area (Å²) >= 11 is 3.31. The van der Waals surface area contributed by atoms with Gasteiger partial charge in [-0.1, -0.05) is 0 Å². The van der Waals surface area contributed by atoms with Crippen molar-refractivity contribution in [1.29, 1.82) is 5.26 Å². The molecule has 0 saturated heterocycles. The van der Waals surface area contributed by atoms with Crippen molar-refractivity contribution < 1.29 is 23.7 Å². The summed E-state index contributed by atoms with van der Waals surface area (Å²) in [5.41, 5.74) is 0.624. The summed E-state index contributed by atoms with van der Waals surface area (Å²) < 4.78 is 21.8. The number of carbonyl (C=O) groups excluding carboxylic acids is 1. The molecule has 6 nitrogen and oxygen atoms in total. The molecule has 0 spiro atoms. The van der Waals surface area contributed by atoms with E-state index in [-0.39, 0.29) is 11.3 Å². The fourth-order valence-electron chi connectivity index (χ4n) is 2.11. The van der Waals surface area contributed by atoms with Crippen molar-refractivity contribution >= 4 is 21.9 Å². The molecule has 0 aliphatic heterocycles. The van der Waals surface area contributed by atoms with E-state index in [2.05, 4.69) is 15.9 Å². The summed E-state index contributed by atoms with van der Waals surface area (Å²) in [6.07, 6.45) is 0. The molecule has 0 saturated carbocycles. The minimum Gasteiger partial charge on any atom is -0.497 e. The Morgan fingerprint density at radius 3 is 2.52 bits per heavy atom. The van der Waals surface area contributed by atoms with Crippen molar-refractivity contribution in [2.45, 2.75) is 6.92 Å². The molecule has 0 fully saturated rings. The lowest BCUT2D eigenvalue weighted by Gasteiger charge is -2.14. The Bertz CT molecular complexity index is 829. The summed E-state index contributed by atoms with van der Waals surface area (Å²) in [7, 11) is 2.98. The summed E-state index contributed by atoms with van der Waals surface area (Å²) in [5, 5.41) is 9.06. The van der Waals surface area contributed by atoms with Gasteiger partial charge in [-0.05, 0) is 41.1 Å². The highest BCUT2D eigenvalue weighted by molar-refractivity contribution is 9.10. The van der Waals surface area contributed by atoms with E-state index in [1.165, 1.54) is 20.3 Å². The molecule has 0 aromatic heterocycles. The molecule has 0 N–H and O–H groups in total. The zero-order valence-corrected chi connectivity index (χ0v) is 15.5. The van der Waals surface area contributed by atoms with Crippen molar-refractivity contribution in [2.24, 2.45) is 0 Å². The third-order valence-corrected chi connectivity index (χ3v) is 3.85. The van der Waals surface area contributed by atoms with Crippen molar-refractivity contribution in [3.63, 3.8) is 0 Å². The van der Waals surface area contributed by atoms with Crippen molar-refractivity contribution in [1.82, 2.24) is 0 Å². The van der Waals surface area contributed by atoms with Crippen LogP contribution in [0, 0.1) is 11.3 Å². The Hall–Kier alpha value is -2.72. The lowest BCUT2D eigenvalue weighted by atomic mass is 10.2. The monoisotopic (exact) mass is 405 g/mol. The normalized spacial score (nSPS) is 9.88. The number of ether oxygens (including phenoxy) is 4. The van der Waals surface area contributed by atoms with Crippen molar-refractivity contribution in [2.75, 3.05) is 20.8 Å². The first-order valence-electron chi connectivity index (χ1n) is 7.34. The Balaban J connectivity index is 2.40. The van der Waals surface area contributed by atoms with Gasteiger partial charge in [-0.25, -0.2) is 4.79 Å². The average molecular weight is 406 g/mol. The van der Waals surface area contributed by atoms with Crippen LogP contribution in [0.2, 0.25) is 0 Å². The number of esters is 1. The predicted molar refractivity (Wildman–Crippen MR) is 94.5 cm³/mol. The van der Waals surface area contributed by atoms with Crippen LogP contribution in [0.5, 0.6) is 23.0 Å². The van der Waals surface area contributed by atoms with Crippen LogP contribution in [0.4, 0.5) is 0 Å². The quantitative estimate of drug-likeness (QED) is 0.534. The maximum atomic E-state index is 12.6. The molecule has 0 amide bonds. The number of halogens is 1. The highest BCUT2D eigenvalue weighted by atomic mass is 79.9. The molecule has 2 rings (SSSR count). The zero-order valence-electron chi connectivity index (χ0n) is 14.0. The van der Waals surface area contributed by atoms with E-state index >= 15 is 0 Å². The number of rotatable bonds is 6. The SMILES string of the molecule is CCOc1cc(C#N)cc(Br)c1OC(=O)c1ccc(OC)cc1OC. The van der Waals surface area contributed by atoms with Crippen LogP contribution in [-0.2, 0) is 0 Å². The molecule has 0 unspecified atom stereocenters. The van der Waals surface area contributed by atoms with E-state index in [0.717, 1.165) is 0 Å². The standard InChI is InChI=1S/C18H16BrNO5/c1-4-24-16-8-11(10-20)7-14(19)17(16)25-18(21)13-6-5-12(22-2)9-15(13)23-3/h5-9H,4H2,1-3H3. The van der Waals surface area contributed by atoms with Crippen molar-refractivity contribution in [3.8, 4) is 29.1 Å². The second-order valence-electron chi connectivity index (χ2n) is 4.79. The average Bonchev–Trinajstić information content (AvgIpc) is 2.63. The van der Waals surface area contributed by atoms with Crippen LogP contribution < -0.4 is 18.9 Å². The van der Waals surface area contributed by atoms with E-state index in [1.54, 1.807) is 31.2 Å². The number of methoxy groups -OCH3 is 2. The summed E-state index contributed by atoms with van der Waals surface area (Å²) in [6.45, 7) is 2.16. The third kappa shape index (κ3) is 4.22. The van der Waals surface area contributed by atoms with Crippen LogP contribution in [0.1, 0.15) is 22.8 Å². The van der Waals surface area contributed by atoms with E-state index in [1.807, 2.05) is 6.07 Å². The molecule has 0 aliphatic rings. The molecule has 0 radical (unpaired) electrons. The zero-order chi connectivity index (χ0) is 18.4. The maximum absolute atomic E-state index is 12.6.